The minimum Gasteiger partial charge on any atom is -0.479 e. The maximum Gasteiger partial charge on any atom is 0.268 e. The smallest absolute Gasteiger partial charge is 0.268 e. The second-order valence-electron chi connectivity index (χ2n) is 5.72. The van der Waals surface area contributed by atoms with Gasteiger partial charge in [0.2, 0.25) is 0 Å². The minimum absolute atomic E-state index is 0.0755. The van der Waals surface area contributed by atoms with Crippen LogP contribution >= 0.6 is 23.2 Å². The van der Waals surface area contributed by atoms with Crippen molar-refractivity contribution in [3.05, 3.63) is 58.1 Å². The van der Waals surface area contributed by atoms with E-state index in [1.54, 1.807) is 25.1 Å². The van der Waals surface area contributed by atoms with Crippen LogP contribution in [0.5, 0.6) is 5.75 Å². The molecule has 1 amide bonds. The van der Waals surface area contributed by atoms with Crippen LogP contribution in [0.2, 0.25) is 10.0 Å². The zero-order valence-electron chi connectivity index (χ0n) is 12.9. The van der Waals surface area contributed by atoms with Gasteiger partial charge in [0.05, 0.1) is 5.02 Å². The maximum atomic E-state index is 12.8. The lowest BCUT2D eigenvalue weighted by Gasteiger charge is -2.26. The molecule has 0 aromatic heterocycles. The van der Waals surface area contributed by atoms with E-state index < -0.39 is 6.10 Å². The van der Waals surface area contributed by atoms with Gasteiger partial charge in [-0.1, -0.05) is 41.4 Å². The van der Waals surface area contributed by atoms with Crippen LogP contribution in [0.3, 0.4) is 0 Å². The van der Waals surface area contributed by atoms with Crippen molar-refractivity contribution < 1.29 is 9.53 Å². The van der Waals surface area contributed by atoms with Crippen LogP contribution in [0.25, 0.3) is 0 Å². The molecule has 0 bridgehead atoms. The number of hydrogen-bond acceptors (Lipinski definition) is 2. The lowest BCUT2D eigenvalue weighted by atomic mass is 10.1. The Hall–Kier alpha value is -1.71. The van der Waals surface area contributed by atoms with Gasteiger partial charge >= 0.3 is 0 Å². The fourth-order valence-electron chi connectivity index (χ4n) is 2.91. The van der Waals surface area contributed by atoms with E-state index >= 15 is 0 Å². The van der Waals surface area contributed by atoms with Crippen LogP contribution in [-0.4, -0.2) is 18.1 Å². The molecule has 23 heavy (non-hydrogen) atoms. The average molecular weight is 350 g/mol. The highest BCUT2D eigenvalue weighted by molar-refractivity contribution is 6.35. The van der Waals surface area contributed by atoms with Crippen LogP contribution in [0.4, 0.5) is 5.69 Å². The molecule has 2 aromatic carbocycles. The lowest BCUT2D eigenvalue weighted by Crippen LogP contribution is -2.43. The Labute approximate surface area is 145 Å². The number of nitrogens with zero attached hydrogens (tertiary/aromatic N) is 1. The predicted molar refractivity (Wildman–Crippen MR) is 93.6 cm³/mol. The van der Waals surface area contributed by atoms with Crippen molar-refractivity contribution in [2.45, 2.75) is 32.4 Å². The van der Waals surface area contributed by atoms with Crippen molar-refractivity contribution in [2.75, 3.05) is 4.90 Å². The number of anilines is 1. The largest absolute Gasteiger partial charge is 0.479 e. The third kappa shape index (κ3) is 3.17. The quantitative estimate of drug-likeness (QED) is 0.800. The highest BCUT2D eigenvalue weighted by Crippen LogP contribution is 2.33. The van der Waals surface area contributed by atoms with E-state index in [0.29, 0.717) is 15.8 Å². The minimum atomic E-state index is -0.637. The summed E-state index contributed by atoms with van der Waals surface area (Å²) in [5.74, 6) is 0.380. The Balaban J connectivity index is 1.80. The van der Waals surface area contributed by atoms with E-state index in [-0.39, 0.29) is 11.9 Å². The van der Waals surface area contributed by atoms with E-state index in [4.69, 9.17) is 27.9 Å². The van der Waals surface area contributed by atoms with Gasteiger partial charge in [0.1, 0.15) is 5.75 Å². The maximum absolute atomic E-state index is 12.8. The first-order valence-corrected chi connectivity index (χ1v) is 8.25. The van der Waals surface area contributed by atoms with Crippen LogP contribution in [0, 0.1) is 0 Å². The number of carbonyl (C=O) groups is 1. The second kappa shape index (κ2) is 6.42. The Morgan fingerprint density at radius 2 is 2.00 bits per heavy atom. The molecular formula is C18H17Cl2NO2. The number of para-hydroxylation sites is 1. The summed E-state index contributed by atoms with van der Waals surface area (Å²) in [6.07, 6.45) is 0.221. The SMILES string of the molecule is CC(Oc1ccc(Cl)cc1Cl)C(=O)N1c2ccccc2CC1C. The Bertz CT molecular complexity index is 748. The molecule has 0 saturated heterocycles. The van der Waals surface area contributed by atoms with Crippen molar-refractivity contribution in [1.29, 1.82) is 0 Å². The van der Waals surface area contributed by atoms with E-state index in [9.17, 15) is 4.79 Å². The third-order valence-corrected chi connectivity index (χ3v) is 4.52. The molecule has 3 rings (SSSR count). The first kappa shape index (κ1) is 16.2. The van der Waals surface area contributed by atoms with Gasteiger partial charge in [0, 0.05) is 16.8 Å². The average Bonchev–Trinajstić information content (AvgIpc) is 2.85. The number of benzene rings is 2. The number of fused-ring (bicyclic) bond motifs is 1. The van der Waals surface area contributed by atoms with E-state index in [1.165, 1.54) is 5.56 Å². The van der Waals surface area contributed by atoms with Crippen molar-refractivity contribution in [1.82, 2.24) is 0 Å². The highest BCUT2D eigenvalue weighted by Gasteiger charge is 2.34. The first-order valence-electron chi connectivity index (χ1n) is 7.50. The van der Waals surface area contributed by atoms with Crippen LogP contribution in [0.1, 0.15) is 19.4 Å². The zero-order chi connectivity index (χ0) is 16.6. The fraction of sp³-hybridized carbons (Fsp3) is 0.278. The molecule has 1 heterocycles. The Kier molecular flexibility index (Phi) is 4.51. The van der Waals surface area contributed by atoms with Gasteiger partial charge in [-0.25, -0.2) is 0 Å². The van der Waals surface area contributed by atoms with Gasteiger partial charge < -0.3 is 9.64 Å². The van der Waals surface area contributed by atoms with E-state index in [1.807, 2.05) is 30.0 Å². The van der Waals surface area contributed by atoms with Gasteiger partial charge in [0.15, 0.2) is 6.10 Å². The van der Waals surface area contributed by atoms with E-state index in [2.05, 4.69) is 6.07 Å². The molecule has 3 nitrogen and oxygen atoms in total. The summed E-state index contributed by atoms with van der Waals surface area (Å²) in [4.78, 5) is 14.6. The normalized spacial score (nSPS) is 17.7. The molecule has 0 radical (unpaired) electrons. The Morgan fingerprint density at radius 1 is 1.26 bits per heavy atom. The summed E-state index contributed by atoms with van der Waals surface area (Å²) in [6, 6.07) is 13.0. The van der Waals surface area contributed by atoms with Crippen molar-refractivity contribution >= 4 is 34.8 Å². The van der Waals surface area contributed by atoms with Gasteiger partial charge in [-0.15, -0.1) is 0 Å². The number of carbonyl (C=O) groups excluding carboxylic acids is 1. The molecule has 0 spiro atoms. The van der Waals surface area contributed by atoms with Crippen molar-refractivity contribution in [3.63, 3.8) is 0 Å². The molecule has 0 N–H and O–H groups in total. The third-order valence-electron chi connectivity index (χ3n) is 3.99. The molecule has 0 fully saturated rings. The standard InChI is InChI=1S/C18H17Cl2NO2/c1-11-9-13-5-3-4-6-16(13)21(11)18(22)12(2)23-17-8-7-14(19)10-15(17)20/h3-8,10-12H,9H2,1-2H3. The monoisotopic (exact) mass is 349 g/mol. The number of rotatable bonds is 3. The van der Waals surface area contributed by atoms with Crippen LogP contribution < -0.4 is 9.64 Å². The number of halogens is 2. The molecular weight excluding hydrogens is 333 g/mol. The van der Waals surface area contributed by atoms with Gasteiger partial charge in [-0.2, -0.15) is 0 Å². The summed E-state index contributed by atoms with van der Waals surface area (Å²) < 4.78 is 5.76. The second-order valence-corrected chi connectivity index (χ2v) is 6.57. The van der Waals surface area contributed by atoms with Gasteiger partial charge in [0.25, 0.3) is 5.91 Å². The molecule has 2 atom stereocenters. The van der Waals surface area contributed by atoms with Crippen LogP contribution in [0.15, 0.2) is 42.5 Å². The molecule has 120 valence electrons. The number of amides is 1. The summed E-state index contributed by atoms with van der Waals surface area (Å²) in [7, 11) is 0. The zero-order valence-corrected chi connectivity index (χ0v) is 14.4. The highest BCUT2D eigenvalue weighted by atomic mass is 35.5. The summed E-state index contributed by atoms with van der Waals surface area (Å²) >= 11 is 12.0. The summed E-state index contributed by atoms with van der Waals surface area (Å²) in [5, 5.41) is 0.926. The topological polar surface area (TPSA) is 29.5 Å². The molecule has 1 aliphatic heterocycles. The summed E-state index contributed by atoms with van der Waals surface area (Å²) in [6.45, 7) is 3.78. The molecule has 1 aliphatic rings. The van der Waals surface area contributed by atoms with Crippen LogP contribution in [-0.2, 0) is 11.2 Å². The lowest BCUT2D eigenvalue weighted by molar-refractivity contribution is -0.124. The fourth-order valence-corrected chi connectivity index (χ4v) is 3.36. The number of hydrogen-bond donors (Lipinski definition) is 0. The predicted octanol–water partition coefficient (Wildman–Crippen LogP) is 4.74. The molecule has 2 aromatic rings. The number of ether oxygens (including phenoxy) is 1. The molecule has 0 saturated carbocycles. The molecule has 5 heteroatoms. The first-order chi connectivity index (χ1) is 11.0. The van der Waals surface area contributed by atoms with Crippen molar-refractivity contribution in [2.24, 2.45) is 0 Å². The van der Waals surface area contributed by atoms with Gasteiger partial charge in [-0.05, 0) is 50.1 Å². The Morgan fingerprint density at radius 3 is 2.74 bits per heavy atom. The molecule has 0 aliphatic carbocycles. The van der Waals surface area contributed by atoms with E-state index in [0.717, 1.165) is 12.1 Å². The molecule has 2 unspecified atom stereocenters. The summed E-state index contributed by atoms with van der Waals surface area (Å²) in [5.41, 5.74) is 2.15. The van der Waals surface area contributed by atoms with Gasteiger partial charge in [-0.3, -0.25) is 4.79 Å². The van der Waals surface area contributed by atoms with Crippen molar-refractivity contribution in [3.8, 4) is 5.75 Å².